The molecule has 0 aliphatic carbocycles. The van der Waals surface area contributed by atoms with E-state index in [2.05, 4.69) is 10.3 Å². The summed E-state index contributed by atoms with van der Waals surface area (Å²) in [4.78, 5) is 15.3. The summed E-state index contributed by atoms with van der Waals surface area (Å²) in [6.07, 6.45) is -3.62. The van der Waals surface area contributed by atoms with Crippen molar-refractivity contribution in [2.75, 3.05) is 31.6 Å². The first-order valence-electron chi connectivity index (χ1n) is 9.76. The predicted molar refractivity (Wildman–Crippen MR) is 113 cm³/mol. The van der Waals surface area contributed by atoms with Crippen molar-refractivity contribution in [3.05, 3.63) is 59.8 Å². The Kier molecular flexibility index (Phi) is 5.99. The van der Waals surface area contributed by atoms with Crippen molar-refractivity contribution >= 4 is 38.3 Å². The number of fused-ring (bicyclic) bond motifs is 1. The molecule has 1 fully saturated rings. The van der Waals surface area contributed by atoms with E-state index in [0.717, 1.165) is 28.7 Å². The number of benzene rings is 2. The second-order valence-electron chi connectivity index (χ2n) is 7.22. The number of aromatic carboxylic acids is 1. The number of anilines is 2. The van der Waals surface area contributed by atoms with Gasteiger partial charge in [-0.1, -0.05) is 12.1 Å². The molecule has 1 aliphatic rings. The van der Waals surface area contributed by atoms with Crippen molar-refractivity contribution in [3.8, 4) is 0 Å². The van der Waals surface area contributed by atoms with Crippen molar-refractivity contribution in [2.45, 2.75) is 11.1 Å². The van der Waals surface area contributed by atoms with Crippen LogP contribution in [0.5, 0.6) is 0 Å². The Hall–Kier alpha value is -3.22. The van der Waals surface area contributed by atoms with E-state index in [0.29, 0.717) is 0 Å². The number of pyridine rings is 1. The minimum Gasteiger partial charge on any atom is -0.478 e. The van der Waals surface area contributed by atoms with Crippen LogP contribution in [0.25, 0.3) is 10.9 Å². The number of carboxylic acid groups (broad SMARTS) is 1. The molecular weight excluding hydrogens is 463 g/mol. The zero-order valence-electron chi connectivity index (χ0n) is 17.0. The summed E-state index contributed by atoms with van der Waals surface area (Å²) >= 11 is 0. The number of halogens is 3. The number of carboxylic acids is 1. The lowest BCUT2D eigenvalue weighted by Crippen LogP contribution is -2.40. The Labute approximate surface area is 186 Å². The number of hydrogen-bond acceptors (Lipinski definition) is 6. The van der Waals surface area contributed by atoms with Crippen LogP contribution in [0.3, 0.4) is 0 Å². The first-order chi connectivity index (χ1) is 15.6. The van der Waals surface area contributed by atoms with E-state index in [4.69, 9.17) is 4.74 Å². The van der Waals surface area contributed by atoms with Crippen molar-refractivity contribution in [2.24, 2.45) is 0 Å². The number of morpholine rings is 1. The molecule has 2 heterocycles. The van der Waals surface area contributed by atoms with Gasteiger partial charge in [0.05, 0.1) is 41.2 Å². The topological polar surface area (TPSA) is 109 Å². The van der Waals surface area contributed by atoms with Crippen LogP contribution in [-0.2, 0) is 20.9 Å². The average molecular weight is 481 g/mol. The molecule has 0 unspecified atom stereocenters. The zero-order chi connectivity index (χ0) is 23.8. The molecule has 0 bridgehead atoms. The normalized spacial score (nSPS) is 15.5. The summed E-state index contributed by atoms with van der Waals surface area (Å²) in [6.45, 7) is 0.467. The summed E-state index contributed by atoms with van der Waals surface area (Å²) < 4.78 is 73.4. The predicted octanol–water partition coefficient (Wildman–Crippen LogP) is 3.72. The molecule has 33 heavy (non-hydrogen) atoms. The second kappa shape index (κ2) is 8.61. The number of nitrogens with one attached hydrogen (secondary N) is 1. The SMILES string of the molecule is O=C(O)c1ccccc1Nc1c(S(=O)(=O)N2CCOCC2)cnc2ccc(C(F)(F)F)cc12. The van der Waals surface area contributed by atoms with Gasteiger partial charge in [0.25, 0.3) is 0 Å². The van der Waals surface area contributed by atoms with Gasteiger partial charge in [0.15, 0.2) is 0 Å². The highest BCUT2D eigenvalue weighted by Crippen LogP contribution is 2.38. The van der Waals surface area contributed by atoms with Crippen molar-refractivity contribution in [1.29, 1.82) is 0 Å². The molecule has 1 aliphatic heterocycles. The number of aromatic nitrogens is 1. The third-order valence-electron chi connectivity index (χ3n) is 5.17. The smallest absolute Gasteiger partial charge is 0.416 e. The highest BCUT2D eigenvalue weighted by molar-refractivity contribution is 7.89. The molecule has 12 heteroatoms. The lowest BCUT2D eigenvalue weighted by molar-refractivity contribution is -0.137. The van der Waals surface area contributed by atoms with Crippen LogP contribution in [0.4, 0.5) is 24.5 Å². The Balaban J connectivity index is 1.97. The Bertz CT molecular complexity index is 1320. The number of nitrogens with zero attached hydrogens (tertiary/aromatic N) is 2. The molecule has 0 amide bonds. The van der Waals surface area contributed by atoms with Crippen LogP contribution < -0.4 is 5.32 Å². The van der Waals surface area contributed by atoms with Gasteiger partial charge in [0.2, 0.25) is 10.0 Å². The highest BCUT2D eigenvalue weighted by Gasteiger charge is 2.33. The summed E-state index contributed by atoms with van der Waals surface area (Å²) in [7, 11) is -4.19. The molecule has 2 aromatic carbocycles. The van der Waals surface area contributed by atoms with E-state index in [1.54, 1.807) is 0 Å². The molecule has 0 saturated carbocycles. The van der Waals surface area contributed by atoms with Gasteiger partial charge in [-0.05, 0) is 30.3 Å². The lowest BCUT2D eigenvalue weighted by Gasteiger charge is -2.27. The Morgan fingerprint density at radius 1 is 1.12 bits per heavy atom. The molecule has 0 spiro atoms. The van der Waals surface area contributed by atoms with Gasteiger partial charge in [0, 0.05) is 24.7 Å². The number of ether oxygens (including phenoxy) is 1. The van der Waals surface area contributed by atoms with Gasteiger partial charge in [0.1, 0.15) is 4.90 Å². The van der Waals surface area contributed by atoms with E-state index in [1.807, 2.05) is 0 Å². The number of rotatable bonds is 5. The molecule has 174 valence electrons. The summed E-state index contributed by atoms with van der Waals surface area (Å²) in [5, 5.41) is 12.2. The molecule has 0 radical (unpaired) electrons. The molecule has 8 nitrogen and oxygen atoms in total. The Morgan fingerprint density at radius 3 is 2.48 bits per heavy atom. The maximum absolute atomic E-state index is 13.4. The van der Waals surface area contributed by atoms with Gasteiger partial charge in [-0.3, -0.25) is 4.98 Å². The first kappa shape index (κ1) is 23.0. The van der Waals surface area contributed by atoms with E-state index < -0.39 is 27.7 Å². The fourth-order valence-corrected chi connectivity index (χ4v) is 5.03. The molecule has 3 aromatic rings. The highest BCUT2D eigenvalue weighted by atomic mass is 32.2. The van der Waals surface area contributed by atoms with E-state index >= 15 is 0 Å². The quantitative estimate of drug-likeness (QED) is 0.572. The zero-order valence-corrected chi connectivity index (χ0v) is 17.8. The Morgan fingerprint density at radius 2 is 1.82 bits per heavy atom. The van der Waals surface area contributed by atoms with Crippen LogP contribution in [-0.4, -0.2) is 55.1 Å². The van der Waals surface area contributed by atoms with E-state index in [9.17, 15) is 31.5 Å². The number of sulfonamides is 1. The van der Waals surface area contributed by atoms with Gasteiger partial charge >= 0.3 is 12.1 Å². The average Bonchev–Trinajstić information content (AvgIpc) is 2.79. The van der Waals surface area contributed by atoms with Gasteiger partial charge in [-0.15, -0.1) is 0 Å². The van der Waals surface area contributed by atoms with Crippen LogP contribution in [0.1, 0.15) is 15.9 Å². The fourth-order valence-electron chi connectivity index (χ4n) is 3.51. The minimum absolute atomic E-state index is 0.0216. The molecule has 1 aromatic heterocycles. The molecule has 0 atom stereocenters. The lowest BCUT2D eigenvalue weighted by atomic mass is 10.1. The first-order valence-corrected chi connectivity index (χ1v) is 11.2. The standard InChI is InChI=1S/C21H18F3N3O5S/c22-21(23,24)13-5-6-16-15(11-13)19(26-17-4-2-1-3-14(17)20(28)29)18(12-25-16)33(30,31)27-7-9-32-10-8-27/h1-6,11-12H,7-10H2,(H,25,26)(H,28,29). The fraction of sp³-hybridized carbons (Fsp3) is 0.238. The number of carbonyl (C=O) groups is 1. The third-order valence-corrected chi connectivity index (χ3v) is 7.08. The summed E-state index contributed by atoms with van der Waals surface area (Å²) in [5.74, 6) is -1.29. The van der Waals surface area contributed by atoms with Crippen LogP contribution in [0, 0.1) is 0 Å². The van der Waals surface area contributed by atoms with Crippen molar-refractivity contribution < 1.29 is 36.2 Å². The number of alkyl halides is 3. The number of para-hydroxylation sites is 1. The van der Waals surface area contributed by atoms with Gasteiger partial charge in [-0.2, -0.15) is 17.5 Å². The second-order valence-corrected chi connectivity index (χ2v) is 9.13. The molecule has 2 N–H and O–H groups in total. The third kappa shape index (κ3) is 4.49. The summed E-state index contributed by atoms with van der Waals surface area (Å²) in [5.41, 5.74) is -1.23. The molecular formula is C21H18F3N3O5S. The van der Waals surface area contributed by atoms with Crippen LogP contribution >= 0.6 is 0 Å². The molecule has 4 rings (SSSR count). The monoisotopic (exact) mass is 481 g/mol. The largest absolute Gasteiger partial charge is 0.478 e. The minimum atomic E-state index is -4.68. The van der Waals surface area contributed by atoms with Gasteiger partial charge < -0.3 is 15.2 Å². The maximum atomic E-state index is 13.4. The number of hydrogen-bond donors (Lipinski definition) is 2. The van der Waals surface area contributed by atoms with Crippen LogP contribution in [0.15, 0.2) is 53.6 Å². The summed E-state index contributed by atoms with van der Waals surface area (Å²) in [6, 6.07) is 8.48. The van der Waals surface area contributed by atoms with Crippen molar-refractivity contribution in [1.82, 2.24) is 9.29 Å². The van der Waals surface area contributed by atoms with E-state index in [-0.39, 0.29) is 59.0 Å². The van der Waals surface area contributed by atoms with Gasteiger partial charge in [-0.25, -0.2) is 13.2 Å². The van der Waals surface area contributed by atoms with Crippen molar-refractivity contribution in [3.63, 3.8) is 0 Å². The maximum Gasteiger partial charge on any atom is 0.416 e. The van der Waals surface area contributed by atoms with Crippen LogP contribution in [0.2, 0.25) is 0 Å². The van der Waals surface area contributed by atoms with E-state index in [1.165, 1.54) is 24.3 Å². The molecule has 1 saturated heterocycles.